The van der Waals surface area contributed by atoms with Gasteiger partial charge < -0.3 is 5.32 Å². The molecule has 0 unspecified atom stereocenters. The van der Waals surface area contributed by atoms with Crippen LogP contribution in [0.1, 0.15) is 34.2 Å². The Balaban J connectivity index is 1.99. The van der Waals surface area contributed by atoms with Gasteiger partial charge in [0.05, 0.1) is 6.04 Å². The molecule has 0 bridgehead atoms. The lowest BCUT2D eigenvalue weighted by Gasteiger charge is -2.28. The van der Waals surface area contributed by atoms with E-state index in [1.54, 1.807) is 0 Å². The summed E-state index contributed by atoms with van der Waals surface area (Å²) in [6.45, 7) is 8.35. The summed E-state index contributed by atoms with van der Waals surface area (Å²) in [5.41, 5.74) is 6.19. The summed E-state index contributed by atoms with van der Waals surface area (Å²) in [7, 11) is 0. The zero-order chi connectivity index (χ0) is 17.6. The molecule has 0 heterocycles. The topological polar surface area (TPSA) is 12.0 Å². The van der Waals surface area contributed by atoms with E-state index in [1.165, 1.54) is 22.3 Å². The number of anilines is 1. The van der Waals surface area contributed by atoms with Crippen LogP contribution >= 0.6 is 0 Å². The Hall–Kier alpha value is -2.80. The first kappa shape index (κ1) is 17.0. The number of hydrogen-bond donors (Lipinski definition) is 1. The van der Waals surface area contributed by atoms with Crippen molar-refractivity contribution in [1.82, 2.24) is 0 Å². The minimum absolute atomic E-state index is 0.128. The Morgan fingerprint density at radius 3 is 1.84 bits per heavy atom. The predicted octanol–water partition coefficient (Wildman–Crippen LogP) is 6.43. The maximum absolute atomic E-state index is 4.12. The van der Waals surface area contributed by atoms with Gasteiger partial charge in [-0.2, -0.15) is 0 Å². The maximum Gasteiger partial charge on any atom is 0.0616 e. The van der Waals surface area contributed by atoms with Crippen LogP contribution in [0.5, 0.6) is 0 Å². The van der Waals surface area contributed by atoms with Gasteiger partial charge in [0.25, 0.3) is 0 Å². The van der Waals surface area contributed by atoms with Crippen LogP contribution in [0.15, 0.2) is 91.5 Å². The summed E-state index contributed by atoms with van der Waals surface area (Å²) >= 11 is 0. The molecule has 0 aromatic heterocycles. The van der Waals surface area contributed by atoms with Gasteiger partial charge in [0, 0.05) is 11.6 Å². The number of aryl methyl sites for hydroxylation is 2. The normalized spacial score (nSPS) is 13.0. The first-order valence-corrected chi connectivity index (χ1v) is 8.74. The quantitative estimate of drug-likeness (QED) is 0.515. The van der Waals surface area contributed by atoms with Crippen molar-refractivity contribution in [3.05, 3.63) is 114 Å². The fourth-order valence-electron chi connectivity index (χ4n) is 3.12. The van der Waals surface area contributed by atoms with E-state index in [4.69, 9.17) is 0 Å². The fourth-order valence-corrected chi connectivity index (χ4v) is 3.12. The first-order chi connectivity index (χ1) is 12.2. The van der Waals surface area contributed by atoms with Gasteiger partial charge in [-0.15, -0.1) is 6.58 Å². The average Bonchev–Trinajstić information content (AvgIpc) is 2.65. The molecule has 0 aliphatic rings. The third-order valence-electron chi connectivity index (χ3n) is 4.61. The molecule has 3 aromatic carbocycles. The van der Waals surface area contributed by atoms with Crippen LogP contribution in [0.3, 0.4) is 0 Å². The molecule has 3 rings (SSSR count). The molecule has 0 aliphatic carbocycles. The van der Waals surface area contributed by atoms with E-state index in [1.807, 2.05) is 6.08 Å². The molecule has 1 heteroatoms. The van der Waals surface area contributed by atoms with Crippen molar-refractivity contribution in [3.8, 4) is 0 Å². The van der Waals surface area contributed by atoms with Crippen molar-refractivity contribution >= 4 is 5.69 Å². The molecule has 3 aromatic rings. The smallest absolute Gasteiger partial charge is 0.0616 e. The third kappa shape index (κ3) is 4.19. The largest absolute Gasteiger partial charge is 0.377 e. The molecule has 126 valence electrons. The van der Waals surface area contributed by atoms with Crippen LogP contribution in [0.25, 0.3) is 0 Å². The lowest BCUT2D eigenvalue weighted by molar-refractivity contribution is 0.692. The van der Waals surface area contributed by atoms with Gasteiger partial charge >= 0.3 is 0 Å². The highest BCUT2D eigenvalue weighted by Gasteiger charge is 2.22. The standard InChI is InChI=1S/C24H25N/c1-4-23(20-8-6-5-7-9-20)24(21-14-10-18(2)11-15-21)25-22-16-12-19(3)13-17-22/h4-17,23-25H,1H2,2-3H3/t23-,24-/m1/s1. The van der Waals surface area contributed by atoms with E-state index in [-0.39, 0.29) is 12.0 Å². The molecular weight excluding hydrogens is 302 g/mol. The Labute approximate surface area is 151 Å². The predicted molar refractivity (Wildman–Crippen MR) is 108 cm³/mol. The van der Waals surface area contributed by atoms with Crippen molar-refractivity contribution in [3.63, 3.8) is 0 Å². The van der Waals surface area contributed by atoms with Crippen molar-refractivity contribution in [2.24, 2.45) is 0 Å². The van der Waals surface area contributed by atoms with E-state index < -0.39 is 0 Å². The van der Waals surface area contributed by atoms with E-state index in [0.29, 0.717) is 0 Å². The summed E-state index contributed by atoms with van der Waals surface area (Å²) in [6.07, 6.45) is 2.04. The zero-order valence-electron chi connectivity index (χ0n) is 14.9. The first-order valence-electron chi connectivity index (χ1n) is 8.74. The highest BCUT2D eigenvalue weighted by Crippen LogP contribution is 2.35. The Bertz CT molecular complexity index is 801. The molecule has 0 saturated carbocycles. The van der Waals surface area contributed by atoms with E-state index in [9.17, 15) is 0 Å². The summed E-state index contributed by atoms with van der Waals surface area (Å²) in [5, 5.41) is 3.72. The van der Waals surface area contributed by atoms with Crippen molar-refractivity contribution in [2.75, 3.05) is 5.32 Å². The second-order valence-corrected chi connectivity index (χ2v) is 6.57. The minimum atomic E-state index is 0.128. The van der Waals surface area contributed by atoms with Gasteiger partial charge in [0.1, 0.15) is 0 Å². The molecule has 0 radical (unpaired) electrons. The average molecular weight is 327 g/mol. The SMILES string of the molecule is C=C[C@H](c1ccccc1)[C@H](Nc1ccc(C)cc1)c1ccc(C)cc1. The Morgan fingerprint density at radius 1 is 0.720 bits per heavy atom. The number of benzene rings is 3. The zero-order valence-corrected chi connectivity index (χ0v) is 14.9. The van der Waals surface area contributed by atoms with Gasteiger partial charge in [-0.25, -0.2) is 0 Å². The van der Waals surface area contributed by atoms with E-state index >= 15 is 0 Å². The molecule has 1 N–H and O–H groups in total. The van der Waals surface area contributed by atoms with Crippen molar-refractivity contribution < 1.29 is 0 Å². The lowest BCUT2D eigenvalue weighted by atomic mass is 9.86. The summed E-state index contributed by atoms with van der Waals surface area (Å²) in [5.74, 6) is 0.185. The number of rotatable bonds is 6. The monoisotopic (exact) mass is 327 g/mol. The van der Waals surface area contributed by atoms with Crippen LogP contribution in [0.4, 0.5) is 5.69 Å². The van der Waals surface area contributed by atoms with Crippen molar-refractivity contribution in [1.29, 1.82) is 0 Å². The van der Waals surface area contributed by atoms with Crippen LogP contribution in [-0.4, -0.2) is 0 Å². The fraction of sp³-hybridized carbons (Fsp3) is 0.167. The summed E-state index contributed by atoms with van der Waals surface area (Å²) in [6, 6.07) is 28.0. The van der Waals surface area contributed by atoms with Crippen LogP contribution in [-0.2, 0) is 0 Å². The van der Waals surface area contributed by atoms with E-state index in [0.717, 1.165) is 5.69 Å². The third-order valence-corrected chi connectivity index (χ3v) is 4.61. The molecule has 0 aliphatic heterocycles. The lowest BCUT2D eigenvalue weighted by Crippen LogP contribution is -2.18. The highest BCUT2D eigenvalue weighted by molar-refractivity contribution is 5.49. The molecule has 1 nitrogen and oxygen atoms in total. The van der Waals surface area contributed by atoms with Gasteiger partial charge in [-0.3, -0.25) is 0 Å². The van der Waals surface area contributed by atoms with Crippen LogP contribution in [0.2, 0.25) is 0 Å². The van der Waals surface area contributed by atoms with E-state index in [2.05, 4.69) is 105 Å². The van der Waals surface area contributed by atoms with Gasteiger partial charge in [-0.1, -0.05) is 83.9 Å². The molecular formula is C24H25N. The van der Waals surface area contributed by atoms with Gasteiger partial charge in [0.15, 0.2) is 0 Å². The highest BCUT2D eigenvalue weighted by atomic mass is 14.9. The molecule has 2 atom stereocenters. The van der Waals surface area contributed by atoms with Crippen LogP contribution in [0, 0.1) is 13.8 Å². The molecule has 25 heavy (non-hydrogen) atoms. The molecule has 0 amide bonds. The van der Waals surface area contributed by atoms with Crippen molar-refractivity contribution in [2.45, 2.75) is 25.8 Å². The number of nitrogens with one attached hydrogen (secondary N) is 1. The second-order valence-electron chi connectivity index (χ2n) is 6.57. The molecule has 0 fully saturated rings. The molecule has 0 spiro atoms. The summed E-state index contributed by atoms with van der Waals surface area (Å²) in [4.78, 5) is 0. The summed E-state index contributed by atoms with van der Waals surface area (Å²) < 4.78 is 0. The maximum atomic E-state index is 4.12. The minimum Gasteiger partial charge on any atom is -0.377 e. The Kier molecular flexibility index (Phi) is 5.35. The van der Waals surface area contributed by atoms with Gasteiger partial charge in [-0.05, 0) is 37.1 Å². The molecule has 0 saturated heterocycles. The number of hydrogen-bond acceptors (Lipinski definition) is 1. The van der Waals surface area contributed by atoms with Gasteiger partial charge in [0.2, 0.25) is 0 Å². The Morgan fingerprint density at radius 2 is 1.28 bits per heavy atom. The van der Waals surface area contributed by atoms with Crippen LogP contribution < -0.4 is 5.32 Å². The second kappa shape index (κ2) is 7.85.